The van der Waals surface area contributed by atoms with Crippen molar-refractivity contribution in [1.82, 2.24) is 9.29 Å². The van der Waals surface area contributed by atoms with Crippen LogP contribution < -0.4 is 5.32 Å². The van der Waals surface area contributed by atoms with Crippen molar-refractivity contribution in [3.05, 3.63) is 18.5 Å². The topological polar surface area (TPSA) is 62.3 Å². The zero-order valence-corrected chi connectivity index (χ0v) is 13.0. The van der Waals surface area contributed by atoms with Gasteiger partial charge in [0.15, 0.2) is 0 Å². The molecular weight excluding hydrogens is 282 g/mol. The van der Waals surface area contributed by atoms with Crippen LogP contribution in [0.4, 0.5) is 5.69 Å². The first-order valence-electron chi connectivity index (χ1n) is 6.13. The first kappa shape index (κ1) is 14.6. The molecule has 0 radical (unpaired) electrons. The Morgan fingerprint density at radius 3 is 2.84 bits per heavy atom. The quantitative estimate of drug-likeness (QED) is 0.919. The summed E-state index contributed by atoms with van der Waals surface area (Å²) in [5.74, 6) is 0.821. The summed E-state index contributed by atoms with van der Waals surface area (Å²) in [7, 11) is -1.77. The van der Waals surface area contributed by atoms with Crippen LogP contribution in [0.25, 0.3) is 0 Å². The van der Waals surface area contributed by atoms with E-state index in [0.29, 0.717) is 18.8 Å². The van der Waals surface area contributed by atoms with Crippen LogP contribution >= 0.6 is 11.8 Å². The third-order valence-electron chi connectivity index (χ3n) is 3.06. The largest absolute Gasteiger partial charge is 0.387 e. The van der Waals surface area contributed by atoms with Crippen LogP contribution in [-0.4, -0.2) is 48.3 Å². The lowest BCUT2D eigenvalue weighted by atomic mass is 10.2. The molecule has 1 N–H and O–H groups in total. The predicted octanol–water partition coefficient (Wildman–Crippen LogP) is 1.64. The highest BCUT2D eigenvalue weighted by atomic mass is 32.2. The summed E-state index contributed by atoms with van der Waals surface area (Å²) in [5, 5.41) is 2.91. The van der Waals surface area contributed by atoms with Crippen molar-refractivity contribution >= 4 is 27.5 Å². The van der Waals surface area contributed by atoms with Gasteiger partial charge < -0.3 is 5.32 Å². The number of rotatable bonds is 3. The number of aromatic nitrogens is 1. The van der Waals surface area contributed by atoms with Crippen LogP contribution in [0.1, 0.15) is 13.8 Å². The van der Waals surface area contributed by atoms with Gasteiger partial charge in [-0.25, -0.2) is 8.42 Å². The van der Waals surface area contributed by atoms with E-state index in [0.717, 1.165) is 5.75 Å². The summed E-state index contributed by atoms with van der Waals surface area (Å²) in [5.41, 5.74) is 0.589. The lowest BCUT2D eigenvalue weighted by molar-refractivity contribution is 0.387. The normalized spacial score (nSPS) is 20.2. The number of hydrogen-bond donors (Lipinski definition) is 1. The number of pyridine rings is 1. The van der Waals surface area contributed by atoms with Crippen molar-refractivity contribution in [3.63, 3.8) is 0 Å². The molecule has 0 spiro atoms. The number of anilines is 1. The van der Waals surface area contributed by atoms with Gasteiger partial charge in [-0.05, 0) is 19.9 Å². The second-order valence-corrected chi connectivity index (χ2v) is 8.78. The summed E-state index contributed by atoms with van der Waals surface area (Å²) < 4.78 is 26.9. The lowest BCUT2D eigenvalue weighted by Gasteiger charge is -2.36. The molecule has 106 valence electrons. The SMILES string of the molecule is CNc1ccncc1S(=O)(=O)N1CCSC(C)(C)C1. The van der Waals surface area contributed by atoms with Gasteiger partial charge >= 0.3 is 0 Å². The lowest BCUT2D eigenvalue weighted by Crippen LogP contribution is -2.46. The van der Waals surface area contributed by atoms with Gasteiger partial charge in [0, 0.05) is 43.0 Å². The van der Waals surface area contributed by atoms with Crippen molar-refractivity contribution in [2.75, 3.05) is 31.2 Å². The van der Waals surface area contributed by atoms with Gasteiger partial charge in [0.25, 0.3) is 0 Å². The summed E-state index contributed by atoms with van der Waals surface area (Å²) in [4.78, 5) is 4.19. The molecule has 0 aromatic carbocycles. The van der Waals surface area contributed by atoms with Gasteiger partial charge in [0.1, 0.15) is 4.90 Å². The van der Waals surface area contributed by atoms with Gasteiger partial charge in [-0.2, -0.15) is 16.1 Å². The number of sulfonamides is 1. The van der Waals surface area contributed by atoms with E-state index in [9.17, 15) is 8.42 Å². The first-order chi connectivity index (χ1) is 8.87. The molecule has 1 aliphatic heterocycles. The fourth-order valence-electron chi connectivity index (χ4n) is 2.11. The molecule has 2 rings (SSSR count). The molecule has 7 heteroatoms. The van der Waals surface area contributed by atoms with Crippen LogP contribution in [0.5, 0.6) is 0 Å². The van der Waals surface area contributed by atoms with Gasteiger partial charge in [-0.15, -0.1) is 0 Å². The summed E-state index contributed by atoms with van der Waals surface area (Å²) in [6.45, 7) is 5.22. The molecule has 1 aliphatic rings. The van der Waals surface area contributed by atoms with Crippen molar-refractivity contribution in [2.24, 2.45) is 0 Å². The third-order valence-corrected chi connectivity index (χ3v) is 6.23. The maximum Gasteiger partial charge on any atom is 0.246 e. The summed E-state index contributed by atoms with van der Waals surface area (Å²) >= 11 is 1.81. The second kappa shape index (κ2) is 5.30. The molecular formula is C12H19N3O2S2. The van der Waals surface area contributed by atoms with E-state index in [-0.39, 0.29) is 9.64 Å². The van der Waals surface area contributed by atoms with Crippen molar-refractivity contribution in [2.45, 2.75) is 23.5 Å². The summed E-state index contributed by atoms with van der Waals surface area (Å²) in [6, 6.07) is 1.68. The van der Waals surface area contributed by atoms with E-state index in [1.807, 2.05) is 11.8 Å². The molecule has 5 nitrogen and oxygen atoms in total. The highest BCUT2D eigenvalue weighted by Crippen LogP contribution is 2.33. The average Bonchev–Trinajstić information content (AvgIpc) is 2.37. The average molecular weight is 301 g/mol. The molecule has 19 heavy (non-hydrogen) atoms. The molecule has 1 saturated heterocycles. The maximum atomic E-state index is 12.7. The smallest absolute Gasteiger partial charge is 0.246 e. The van der Waals surface area contributed by atoms with E-state index in [2.05, 4.69) is 24.1 Å². The Morgan fingerprint density at radius 1 is 1.47 bits per heavy atom. The maximum absolute atomic E-state index is 12.7. The monoisotopic (exact) mass is 301 g/mol. The number of thioether (sulfide) groups is 1. The number of nitrogens with one attached hydrogen (secondary N) is 1. The standard InChI is InChI=1S/C12H19N3O2S2/c1-12(2)9-15(6-7-18-12)19(16,17)11-8-14-5-4-10(11)13-3/h4-5,8H,6-7,9H2,1-3H3,(H,13,14). The highest BCUT2D eigenvalue weighted by molar-refractivity contribution is 8.00. The van der Waals surface area contributed by atoms with Crippen molar-refractivity contribution < 1.29 is 8.42 Å². The van der Waals surface area contributed by atoms with E-state index in [1.54, 1.807) is 23.6 Å². The van der Waals surface area contributed by atoms with Crippen LogP contribution in [0.15, 0.2) is 23.4 Å². The minimum absolute atomic E-state index is 0.0483. The van der Waals surface area contributed by atoms with E-state index in [4.69, 9.17) is 0 Å². The fraction of sp³-hybridized carbons (Fsp3) is 0.583. The fourth-order valence-corrected chi connectivity index (χ4v) is 5.16. The Balaban J connectivity index is 2.37. The molecule has 0 amide bonds. The Morgan fingerprint density at radius 2 is 2.21 bits per heavy atom. The minimum Gasteiger partial charge on any atom is -0.387 e. The first-order valence-corrected chi connectivity index (χ1v) is 8.55. The van der Waals surface area contributed by atoms with Crippen molar-refractivity contribution in [3.8, 4) is 0 Å². The zero-order valence-electron chi connectivity index (χ0n) is 11.4. The predicted molar refractivity (Wildman–Crippen MR) is 79.1 cm³/mol. The highest BCUT2D eigenvalue weighted by Gasteiger charge is 2.35. The number of nitrogens with zero attached hydrogens (tertiary/aromatic N) is 2. The molecule has 0 unspecified atom stereocenters. The molecule has 0 aliphatic carbocycles. The van der Waals surface area contributed by atoms with E-state index >= 15 is 0 Å². The van der Waals surface area contributed by atoms with Gasteiger partial charge in [-0.1, -0.05) is 0 Å². The summed E-state index contributed by atoms with van der Waals surface area (Å²) in [6.07, 6.45) is 3.00. The van der Waals surface area contributed by atoms with E-state index < -0.39 is 10.0 Å². The zero-order chi connectivity index (χ0) is 14.1. The van der Waals surface area contributed by atoms with Crippen LogP contribution in [-0.2, 0) is 10.0 Å². The van der Waals surface area contributed by atoms with Gasteiger partial charge in [0.05, 0.1) is 5.69 Å². The van der Waals surface area contributed by atoms with Crippen LogP contribution in [0.2, 0.25) is 0 Å². The van der Waals surface area contributed by atoms with Crippen LogP contribution in [0, 0.1) is 0 Å². The molecule has 0 saturated carbocycles. The van der Waals surface area contributed by atoms with E-state index in [1.165, 1.54) is 6.20 Å². The van der Waals surface area contributed by atoms with Gasteiger partial charge in [-0.3, -0.25) is 4.98 Å². The molecule has 0 bridgehead atoms. The molecule has 0 atom stereocenters. The Bertz CT molecular complexity index is 558. The second-order valence-electron chi connectivity index (χ2n) is 5.07. The minimum atomic E-state index is -3.48. The van der Waals surface area contributed by atoms with Gasteiger partial charge in [0.2, 0.25) is 10.0 Å². The molecule has 1 aromatic rings. The molecule has 1 aromatic heterocycles. The molecule has 2 heterocycles. The van der Waals surface area contributed by atoms with Crippen LogP contribution in [0.3, 0.4) is 0 Å². The Labute approximate surface area is 118 Å². The van der Waals surface area contributed by atoms with Crippen molar-refractivity contribution in [1.29, 1.82) is 0 Å². The molecule has 1 fully saturated rings. The Hall–Kier alpha value is -0.790. The third kappa shape index (κ3) is 3.04. The number of hydrogen-bond acceptors (Lipinski definition) is 5. The Kier molecular flexibility index (Phi) is 4.08.